The van der Waals surface area contributed by atoms with Crippen molar-refractivity contribution in [3.63, 3.8) is 0 Å². The third kappa shape index (κ3) is 2.95. The van der Waals surface area contributed by atoms with Gasteiger partial charge in [-0.15, -0.1) is 11.8 Å². The molecule has 1 aromatic rings. The molecule has 0 aliphatic carbocycles. The van der Waals surface area contributed by atoms with Crippen LogP contribution in [0.5, 0.6) is 0 Å². The van der Waals surface area contributed by atoms with Crippen LogP contribution in [0.25, 0.3) is 0 Å². The van der Waals surface area contributed by atoms with Gasteiger partial charge in [0.1, 0.15) is 6.04 Å². The van der Waals surface area contributed by atoms with Crippen LogP contribution in [0.1, 0.15) is 41.3 Å². The highest BCUT2D eigenvalue weighted by atomic mass is 32.2. The number of esters is 1. The summed E-state index contributed by atoms with van der Waals surface area (Å²) in [6.07, 6.45) is 1.22. The van der Waals surface area contributed by atoms with E-state index in [9.17, 15) is 14.4 Å². The molecule has 2 heterocycles. The first-order chi connectivity index (χ1) is 11.3. The maximum absolute atomic E-state index is 12.4. The average molecular weight is 347 g/mol. The number of fused-ring (bicyclic) bond motifs is 1. The van der Waals surface area contributed by atoms with Crippen LogP contribution < -0.4 is 0 Å². The number of benzene rings is 1. The van der Waals surface area contributed by atoms with Gasteiger partial charge >= 0.3 is 5.97 Å². The molecular formula is C18H21NO4S. The van der Waals surface area contributed by atoms with E-state index in [-0.39, 0.29) is 23.2 Å². The molecule has 128 valence electrons. The molecule has 0 radical (unpaired) electrons. The molecule has 0 unspecified atom stereocenters. The van der Waals surface area contributed by atoms with Crippen molar-refractivity contribution in [1.82, 2.24) is 4.90 Å². The summed E-state index contributed by atoms with van der Waals surface area (Å²) in [5, 5.41) is 0. The number of rotatable bonds is 4. The topological polar surface area (TPSA) is 63.7 Å². The molecule has 0 N–H and O–H groups in total. The second kappa shape index (κ2) is 6.24. The highest BCUT2D eigenvalue weighted by molar-refractivity contribution is 8.01. The predicted molar refractivity (Wildman–Crippen MR) is 91.9 cm³/mol. The van der Waals surface area contributed by atoms with Crippen LogP contribution in [0.2, 0.25) is 0 Å². The number of nitrogens with zero attached hydrogens (tertiary/aromatic N) is 1. The predicted octanol–water partition coefficient (Wildman–Crippen LogP) is 2.48. The maximum atomic E-state index is 12.4. The molecule has 2 aliphatic rings. The summed E-state index contributed by atoms with van der Waals surface area (Å²) in [4.78, 5) is 37.9. The molecule has 1 amide bonds. The fourth-order valence-electron chi connectivity index (χ4n) is 3.23. The molecule has 6 heteroatoms. The molecular weight excluding hydrogens is 326 g/mol. The summed E-state index contributed by atoms with van der Waals surface area (Å²) in [6.45, 7) is 5.61. The molecule has 2 fully saturated rings. The SMILES string of the molecule is Cc1ccc(C(=O)COC(=O)[C@@H]2CS[C@@]3(C)CCC(=O)N23)cc1C. The number of amides is 1. The number of hydrogen-bond donors (Lipinski definition) is 0. The van der Waals surface area contributed by atoms with Crippen LogP contribution in [0, 0.1) is 13.8 Å². The van der Waals surface area contributed by atoms with Gasteiger partial charge < -0.3 is 9.64 Å². The number of hydrogen-bond acceptors (Lipinski definition) is 5. The summed E-state index contributed by atoms with van der Waals surface area (Å²) in [5.41, 5.74) is 2.67. The Morgan fingerprint density at radius 3 is 2.79 bits per heavy atom. The Morgan fingerprint density at radius 2 is 2.08 bits per heavy atom. The Hall–Kier alpha value is -1.82. The molecule has 0 saturated carbocycles. The zero-order chi connectivity index (χ0) is 17.5. The molecule has 3 rings (SSSR count). The van der Waals surface area contributed by atoms with Crippen molar-refractivity contribution in [3.05, 3.63) is 34.9 Å². The van der Waals surface area contributed by atoms with E-state index in [1.807, 2.05) is 26.8 Å². The van der Waals surface area contributed by atoms with Crippen LogP contribution in [-0.4, -0.2) is 45.8 Å². The lowest BCUT2D eigenvalue weighted by molar-refractivity contribution is -0.152. The highest BCUT2D eigenvalue weighted by Crippen LogP contribution is 2.47. The van der Waals surface area contributed by atoms with Crippen molar-refractivity contribution in [2.45, 2.75) is 44.5 Å². The second-order valence-electron chi connectivity index (χ2n) is 6.60. The van der Waals surface area contributed by atoms with Crippen LogP contribution in [0.3, 0.4) is 0 Å². The molecule has 0 bridgehead atoms. The summed E-state index contributed by atoms with van der Waals surface area (Å²) in [5.74, 6) is -0.199. The number of carbonyl (C=O) groups is 3. The van der Waals surface area contributed by atoms with Gasteiger partial charge in [-0.1, -0.05) is 12.1 Å². The number of thioether (sulfide) groups is 1. The van der Waals surface area contributed by atoms with E-state index in [4.69, 9.17) is 4.74 Å². The van der Waals surface area contributed by atoms with E-state index in [1.54, 1.807) is 28.8 Å². The quantitative estimate of drug-likeness (QED) is 0.618. The molecule has 24 heavy (non-hydrogen) atoms. The van der Waals surface area contributed by atoms with Gasteiger partial charge in [0.25, 0.3) is 0 Å². The van der Waals surface area contributed by atoms with Gasteiger partial charge in [-0.05, 0) is 44.4 Å². The molecule has 5 nitrogen and oxygen atoms in total. The van der Waals surface area contributed by atoms with Crippen molar-refractivity contribution >= 4 is 29.4 Å². The van der Waals surface area contributed by atoms with Crippen molar-refractivity contribution in [1.29, 1.82) is 0 Å². The van der Waals surface area contributed by atoms with Gasteiger partial charge in [0, 0.05) is 17.7 Å². The minimum absolute atomic E-state index is 0.00932. The zero-order valence-corrected chi connectivity index (χ0v) is 14.9. The lowest BCUT2D eigenvalue weighted by atomic mass is 10.0. The van der Waals surface area contributed by atoms with Crippen molar-refractivity contribution < 1.29 is 19.1 Å². The highest BCUT2D eigenvalue weighted by Gasteiger charge is 2.53. The van der Waals surface area contributed by atoms with E-state index >= 15 is 0 Å². The molecule has 2 aliphatic heterocycles. The first kappa shape index (κ1) is 17.0. The Balaban J connectivity index is 1.62. The van der Waals surface area contributed by atoms with E-state index in [0.29, 0.717) is 17.7 Å². The first-order valence-electron chi connectivity index (χ1n) is 8.05. The molecule has 2 atom stereocenters. The van der Waals surface area contributed by atoms with Gasteiger partial charge in [0.2, 0.25) is 5.91 Å². The molecule has 0 aromatic heterocycles. The number of ether oxygens (including phenoxy) is 1. The minimum Gasteiger partial charge on any atom is -0.456 e. The molecule has 2 saturated heterocycles. The average Bonchev–Trinajstić information content (AvgIpc) is 3.04. The fraction of sp³-hybridized carbons (Fsp3) is 0.500. The number of ketones is 1. The van der Waals surface area contributed by atoms with Gasteiger partial charge in [0.05, 0.1) is 4.87 Å². The van der Waals surface area contributed by atoms with Gasteiger partial charge in [-0.2, -0.15) is 0 Å². The Morgan fingerprint density at radius 1 is 1.33 bits per heavy atom. The third-order valence-electron chi connectivity index (χ3n) is 4.89. The van der Waals surface area contributed by atoms with Crippen molar-refractivity contribution in [2.75, 3.05) is 12.4 Å². The summed E-state index contributed by atoms with van der Waals surface area (Å²) >= 11 is 1.61. The zero-order valence-electron chi connectivity index (χ0n) is 14.1. The number of carbonyl (C=O) groups excluding carboxylic acids is 3. The molecule has 0 spiro atoms. The summed E-state index contributed by atoms with van der Waals surface area (Å²) in [6, 6.07) is 4.84. The van der Waals surface area contributed by atoms with E-state index < -0.39 is 12.0 Å². The first-order valence-corrected chi connectivity index (χ1v) is 9.03. The van der Waals surface area contributed by atoms with E-state index in [0.717, 1.165) is 17.5 Å². The Bertz CT molecular complexity index is 717. The lowest BCUT2D eigenvalue weighted by Crippen LogP contribution is -2.46. The van der Waals surface area contributed by atoms with Crippen LogP contribution in [0.4, 0.5) is 0 Å². The summed E-state index contributed by atoms with van der Waals surface area (Å²) < 4.78 is 5.22. The van der Waals surface area contributed by atoms with Crippen molar-refractivity contribution in [2.24, 2.45) is 0 Å². The largest absolute Gasteiger partial charge is 0.456 e. The normalized spacial score (nSPS) is 25.7. The van der Waals surface area contributed by atoms with Crippen molar-refractivity contribution in [3.8, 4) is 0 Å². The smallest absolute Gasteiger partial charge is 0.330 e. The third-order valence-corrected chi connectivity index (χ3v) is 6.40. The van der Waals surface area contributed by atoms with Gasteiger partial charge in [0.15, 0.2) is 12.4 Å². The van der Waals surface area contributed by atoms with Gasteiger partial charge in [-0.3, -0.25) is 9.59 Å². The summed E-state index contributed by atoms with van der Waals surface area (Å²) in [7, 11) is 0. The monoisotopic (exact) mass is 347 g/mol. The fourth-order valence-corrected chi connectivity index (χ4v) is 4.64. The standard InChI is InChI=1S/C18H21NO4S/c1-11-4-5-13(8-12(11)2)15(20)9-23-17(22)14-10-24-18(3)7-6-16(21)19(14)18/h4-5,8,14H,6-7,9-10H2,1-3H3/t14-,18-/m0/s1. The molecule has 1 aromatic carbocycles. The second-order valence-corrected chi connectivity index (χ2v) is 8.10. The van der Waals surface area contributed by atoms with Gasteiger partial charge in [-0.25, -0.2) is 4.79 Å². The van der Waals surface area contributed by atoms with Crippen LogP contribution in [0.15, 0.2) is 18.2 Å². The Kier molecular flexibility index (Phi) is 4.42. The van der Waals surface area contributed by atoms with Crippen LogP contribution in [-0.2, 0) is 14.3 Å². The lowest BCUT2D eigenvalue weighted by Gasteiger charge is -2.29. The van der Waals surface area contributed by atoms with E-state index in [2.05, 4.69) is 0 Å². The minimum atomic E-state index is -0.581. The number of Topliss-reactive ketones (excluding diaryl/α,β-unsaturated/α-hetero) is 1. The maximum Gasteiger partial charge on any atom is 0.330 e. The van der Waals surface area contributed by atoms with E-state index in [1.165, 1.54) is 0 Å². The number of aryl methyl sites for hydroxylation is 2. The van der Waals surface area contributed by atoms with Crippen LogP contribution >= 0.6 is 11.8 Å². The Labute approximate surface area is 145 Å².